The Labute approximate surface area is 126 Å². The van der Waals surface area contributed by atoms with E-state index in [0.717, 1.165) is 18.8 Å². The molecule has 5 heteroatoms. The Morgan fingerprint density at radius 2 is 1.43 bits per heavy atom. The molecule has 2 amide bonds. The average Bonchev–Trinajstić information content (AvgIpc) is 2.51. The first-order valence-corrected chi connectivity index (χ1v) is 7.52. The van der Waals surface area contributed by atoms with Crippen LogP contribution in [0, 0.1) is 0 Å². The molecule has 0 fully saturated rings. The molecule has 0 bridgehead atoms. The minimum atomic E-state index is -0.589. The Morgan fingerprint density at radius 1 is 0.905 bits per heavy atom. The highest BCUT2D eigenvalue weighted by molar-refractivity contribution is 6.39. The van der Waals surface area contributed by atoms with Crippen LogP contribution in [0.1, 0.15) is 27.7 Å². The van der Waals surface area contributed by atoms with E-state index in [1.807, 2.05) is 38.1 Å². The van der Waals surface area contributed by atoms with Gasteiger partial charge in [0, 0.05) is 37.6 Å². The Balaban J connectivity index is 2.71. The summed E-state index contributed by atoms with van der Waals surface area (Å²) >= 11 is 0. The first-order chi connectivity index (χ1) is 10.1. The van der Waals surface area contributed by atoms with Crippen molar-refractivity contribution in [3.63, 3.8) is 0 Å². The van der Waals surface area contributed by atoms with Crippen LogP contribution < -0.4 is 10.2 Å². The number of carbonyl (C=O) groups is 2. The third-order valence-electron chi connectivity index (χ3n) is 3.50. The van der Waals surface area contributed by atoms with Crippen molar-refractivity contribution in [2.24, 2.45) is 0 Å². The average molecular weight is 291 g/mol. The van der Waals surface area contributed by atoms with Gasteiger partial charge < -0.3 is 15.1 Å². The molecule has 0 radical (unpaired) electrons. The fraction of sp³-hybridized carbons (Fsp3) is 0.500. The third-order valence-corrected chi connectivity index (χ3v) is 3.50. The van der Waals surface area contributed by atoms with Crippen LogP contribution in [-0.4, -0.2) is 42.9 Å². The fourth-order valence-electron chi connectivity index (χ4n) is 2.18. The lowest BCUT2D eigenvalue weighted by molar-refractivity contribution is -0.142. The van der Waals surface area contributed by atoms with Gasteiger partial charge in [0.25, 0.3) is 0 Å². The van der Waals surface area contributed by atoms with Gasteiger partial charge >= 0.3 is 11.8 Å². The lowest BCUT2D eigenvalue weighted by atomic mass is 10.2. The van der Waals surface area contributed by atoms with Crippen molar-refractivity contribution in [1.29, 1.82) is 0 Å². The molecule has 0 aromatic heterocycles. The predicted octanol–water partition coefficient (Wildman–Crippen LogP) is 2.34. The summed E-state index contributed by atoms with van der Waals surface area (Å²) in [5.74, 6) is -1.08. The van der Waals surface area contributed by atoms with Gasteiger partial charge in [0.05, 0.1) is 0 Å². The molecule has 1 rings (SSSR count). The highest BCUT2D eigenvalue weighted by atomic mass is 16.2. The first-order valence-electron chi connectivity index (χ1n) is 7.52. The number of nitrogens with zero attached hydrogens (tertiary/aromatic N) is 2. The van der Waals surface area contributed by atoms with E-state index in [9.17, 15) is 9.59 Å². The molecule has 0 saturated carbocycles. The number of likely N-dealkylation sites (N-methyl/N-ethyl adjacent to an activating group) is 1. The Kier molecular flexibility index (Phi) is 6.72. The highest BCUT2D eigenvalue weighted by Gasteiger charge is 2.19. The summed E-state index contributed by atoms with van der Waals surface area (Å²) in [5.41, 5.74) is 1.74. The monoisotopic (exact) mass is 291 g/mol. The predicted molar refractivity (Wildman–Crippen MR) is 86.6 cm³/mol. The molecule has 0 heterocycles. The van der Waals surface area contributed by atoms with Crippen LogP contribution in [-0.2, 0) is 9.59 Å². The summed E-state index contributed by atoms with van der Waals surface area (Å²) in [6, 6.07) is 7.54. The van der Waals surface area contributed by atoms with Crippen molar-refractivity contribution in [3.8, 4) is 0 Å². The SMILES string of the molecule is CCN(CC)C(=O)C(=O)Nc1ccc(N(CC)CC)cc1. The van der Waals surface area contributed by atoms with Crippen LogP contribution >= 0.6 is 0 Å². The molecule has 0 saturated heterocycles. The van der Waals surface area contributed by atoms with Crippen molar-refractivity contribution in [3.05, 3.63) is 24.3 Å². The number of nitrogens with one attached hydrogen (secondary N) is 1. The van der Waals surface area contributed by atoms with E-state index in [1.54, 1.807) is 0 Å². The van der Waals surface area contributed by atoms with E-state index < -0.39 is 11.8 Å². The number of carbonyl (C=O) groups excluding carboxylic acids is 2. The fourth-order valence-corrected chi connectivity index (χ4v) is 2.18. The maximum atomic E-state index is 11.9. The van der Waals surface area contributed by atoms with E-state index in [0.29, 0.717) is 18.8 Å². The van der Waals surface area contributed by atoms with Gasteiger partial charge in [-0.15, -0.1) is 0 Å². The second-order valence-corrected chi connectivity index (χ2v) is 4.65. The third kappa shape index (κ3) is 4.48. The standard InChI is InChI=1S/C16H25N3O2/c1-5-18(6-2)14-11-9-13(10-12-14)17-15(20)16(21)19(7-3)8-4/h9-12H,5-8H2,1-4H3,(H,17,20). The zero-order chi connectivity index (χ0) is 15.8. The maximum Gasteiger partial charge on any atom is 0.313 e. The second kappa shape index (κ2) is 8.29. The lowest BCUT2D eigenvalue weighted by Gasteiger charge is -2.21. The summed E-state index contributed by atoms with van der Waals surface area (Å²) in [6.07, 6.45) is 0. The van der Waals surface area contributed by atoms with E-state index in [4.69, 9.17) is 0 Å². The number of hydrogen-bond acceptors (Lipinski definition) is 3. The van der Waals surface area contributed by atoms with Crippen LogP contribution in [0.3, 0.4) is 0 Å². The largest absolute Gasteiger partial charge is 0.372 e. The zero-order valence-electron chi connectivity index (χ0n) is 13.3. The van der Waals surface area contributed by atoms with Gasteiger partial charge in [0.1, 0.15) is 0 Å². The minimum Gasteiger partial charge on any atom is -0.372 e. The molecule has 0 unspecified atom stereocenters. The number of rotatable bonds is 6. The Morgan fingerprint density at radius 3 is 1.86 bits per heavy atom. The van der Waals surface area contributed by atoms with Gasteiger partial charge in [0.2, 0.25) is 0 Å². The van der Waals surface area contributed by atoms with E-state index in [1.165, 1.54) is 4.90 Å². The molecule has 1 N–H and O–H groups in total. The molecule has 21 heavy (non-hydrogen) atoms. The number of amides is 2. The normalized spacial score (nSPS) is 10.1. The van der Waals surface area contributed by atoms with Crippen LogP contribution in [0.25, 0.3) is 0 Å². The molecule has 0 aliphatic rings. The van der Waals surface area contributed by atoms with Crippen molar-refractivity contribution in [2.45, 2.75) is 27.7 Å². The topological polar surface area (TPSA) is 52.7 Å². The van der Waals surface area contributed by atoms with Crippen LogP contribution in [0.15, 0.2) is 24.3 Å². The second-order valence-electron chi connectivity index (χ2n) is 4.65. The number of hydrogen-bond donors (Lipinski definition) is 1. The summed E-state index contributed by atoms with van der Waals surface area (Å²) in [7, 11) is 0. The van der Waals surface area contributed by atoms with Gasteiger partial charge in [-0.3, -0.25) is 9.59 Å². The highest BCUT2D eigenvalue weighted by Crippen LogP contribution is 2.17. The van der Waals surface area contributed by atoms with Gasteiger partial charge in [-0.2, -0.15) is 0 Å². The van der Waals surface area contributed by atoms with Crippen molar-refractivity contribution < 1.29 is 9.59 Å². The van der Waals surface area contributed by atoms with Crippen molar-refractivity contribution >= 4 is 23.2 Å². The van der Waals surface area contributed by atoms with Crippen LogP contribution in [0.5, 0.6) is 0 Å². The molecule has 116 valence electrons. The molecule has 0 aliphatic carbocycles. The summed E-state index contributed by atoms with van der Waals surface area (Å²) < 4.78 is 0. The van der Waals surface area contributed by atoms with Crippen molar-refractivity contribution in [1.82, 2.24) is 4.90 Å². The Hall–Kier alpha value is -2.04. The van der Waals surface area contributed by atoms with Gasteiger partial charge in [-0.1, -0.05) is 0 Å². The molecule has 0 atom stereocenters. The molecule has 1 aromatic rings. The molecule has 1 aromatic carbocycles. The van der Waals surface area contributed by atoms with Crippen LogP contribution in [0.2, 0.25) is 0 Å². The minimum absolute atomic E-state index is 0.493. The van der Waals surface area contributed by atoms with Crippen molar-refractivity contribution in [2.75, 3.05) is 36.4 Å². The van der Waals surface area contributed by atoms with E-state index >= 15 is 0 Å². The van der Waals surface area contributed by atoms with Gasteiger partial charge in [-0.25, -0.2) is 0 Å². The molecule has 0 aliphatic heterocycles. The molecule has 5 nitrogen and oxygen atoms in total. The van der Waals surface area contributed by atoms with E-state index in [2.05, 4.69) is 24.1 Å². The summed E-state index contributed by atoms with van der Waals surface area (Å²) in [6.45, 7) is 10.8. The van der Waals surface area contributed by atoms with Gasteiger partial charge in [0.15, 0.2) is 0 Å². The summed E-state index contributed by atoms with van der Waals surface area (Å²) in [4.78, 5) is 27.5. The van der Waals surface area contributed by atoms with Crippen LogP contribution in [0.4, 0.5) is 11.4 Å². The van der Waals surface area contributed by atoms with Gasteiger partial charge in [-0.05, 0) is 52.0 Å². The summed E-state index contributed by atoms with van der Waals surface area (Å²) in [5, 5.41) is 2.64. The van der Waals surface area contributed by atoms with E-state index in [-0.39, 0.29) is 0 Å². The first kappa shape index (κ1) is 17.0. The molecule has 0 spiro atoms. The quantitative estimate of drug-likeness (QED) is 0.819. The smallest absolute Gasteiger partial charge is 0.313 e. The molecular weight excluding hydrogens is 266 g/mol. The lowest BCUT2D eigenvalue weighted by Crippen LogP contribution is -2.39. The zero-order valence-corrected chi connectivity index (χ0v) is 13.3. The maximum absolute atomic E-state index is 11.9. The molecular formula is C16H25N3O2. The Bertz CT molecular complexity index is 463. The number of benzene rings is 1. The number of anilines is 2.